The molecule has 2 rings (SSSR count). The first-order valence-electron chi connectivity index (χ1n) is 7.41. The van der Waals surface area contributed by atoms with E-state index in [1.54, 1.807) is 0 Å². The lowest BCUT2D eigenvalue weighted by Gasteiger charge is -2.41. The predicted molar refractivity (Wildman–Crippen MR) is 70.6 cm³/mol. The molecule has 2 N–H and O–H groups in total. The van der Waals surface area contributed by atoms with Crippen molar-refractivity contribution < 1.29 is 8.78 Å². The summed E-state index contributed by atoms with van der Waals surface area (Å²) >= 11 is 0. The Morgan fingerprint density at radius 1 is 1.11 bits per heavy atom. The van der Waals surface area contributed by atoms with Crippen molar-refractivity contribution in [2.45, 2.75) is 77.2 Å². The largest absolute Gasteiger partial charge is 0.327 e. The van der Waals surface area contributed by atoms with E-state index in [9.17, 15) is 8.78 Å². The first kappa shape index (κ1) is 14.2. The van der Waals surface area contributed by atoms with Crippen molar-refractivity contribution in [3.05, 3.63) is 0 Å². The quantitative estimate of drug-likeness (QED) is 0.783. The van der Waals surface area contributed by atoms with Gasteiger partial charge < -0.3 is 5.73 Å². The maximum absolute atomic E-state index is 13.4. The van der Waals surface area contributed by atoms with Gasteiger partial charge in [-0.3, -0.25) is 0 Å². The van der Waals surface area contributed by atoms with E-state index in [0.29, 0.717) is 17.8 Å². The summed E-state index contributed by atoms with van der Waals surface area (Å²) in [7, 11) is 0. The highest BCUT2D eigenvalue weighted by molar-refractivity contribution is 4.89. The molecule has 0 aromatic rings. The minimum Gasteiger partial charge on any atom is -0.327 e. The zero-order valence-electron chi connectivity index (χ0n) is 11.7. The summed E-state index contributed by atoms with van der Waals surface area (Å²) < 4.78 is 26.9. The summed E-state index contributed by atoms with van der Waals surface area (Å²) in [5.41, 5.74) is 6.54. The van der Waals surface area contributed by atoms with E-state index in [4.69, 9.17) is 5.73 Å². The van der Waals surface area contributed by atoms with Crippen molar-refractivity contribution in [1.82, 2.24) is 0 Å². The fourth-order valence-corrected chi connectivity index (χ4v) is 3.92. The fourth-order valence-electron chi connectivity index (χ4n) is 3.92. The van der Waals surface area contributed by atoms with Crippen molar-refractivity contribution in [1.29, 1.82) is 0 Å². The maximum atomic E-state index is 13.4. The number of hydrogen-bond acceptors (Lipinski definition) is 1. The Hall–Kier alpha value is -0.180. The number of hydrogen-bond donors (Lipinski definition) is 1. The molecule has 2 aliphatic rings. The van der Waals surface area contributed by atoms with Crippen LogP contribution in [0.4, 0.5) is 8.78 Å². The Morgan fingerprint density at radius 3 is 2.50 bits per heavy atom. The van der Waals surface area contributed by atoms with Crippen LogP contribution in [0, 0.1) is 17.3 Å². The molecule has 3 unspecified atom stereocenters. The summed E-state index contributed by atoms with van der Waals surface area (Å²) in [5, 5.41) is 0. The lowest BCUT2D eigenvalue weighted by molar-refractivity contribution is -0.0579. The van der Waals surface area contributed by atoms with E-state index in [0.717, 1.165) is 25.7 Å². The smallest absolute Gasteiger partial charge is 0.248 e. The molecular weight excluding hydrogens is 232 g/mol. The van der Waals surface area contributed by atoms with Gasteiger partial charge in [-0.15, -0.1) is 0 Å². The van der Waals surface area contributed by atoms with Crippen LogP contribution in [0.1, 0.15) is 65.2 Å². The summed E-state index contributed by atoms with van der Waals surface area (Å²) in [4.78, 5) is 0. The number of nitrogens with two attached hydrogens (primary N) is 1. The van der Waals surface area contributed by atoms with Gasteiger partial charge in [0.2, 0.25) is 5.92 Å². The Labute approximate surface area is 110 Å². The molecule has 3 heteroatoms. The van der Waals surface area contributed by atoms with Crippen molar-refractivity contribution in [3.8, 4) is 0 Å². The highest BCUT2D eigenvalue weighted by atomic mass is 19.3. The average Bonchev–Trinajstić information content (AvgIpc) is 2.22. The second-order valence-corrected chi connectivity index (χ2v) is 7.38. The minimum atomic E-state index is -2.42. The van der Waals surface area contributed by atoms with Gasteiger partial charge in [0.15, 0.2) is 0 Å². The first-order chi connectivity index (χ1) is 8.27. The molecule has 2 aliphatic carbocycles. The third-order valence-electron chi connectivity index (χ3n) is 4.95. The van der Waals surface area contributed by atoms with Gasteiger partial charge in [-0.25, -0.2) is 8.78 Å². The summed E-state index contributed by atoms with van der Waals surface area (Å²) in [6, 6.07) is 0.230. The standard InChI is InChI=1S/C15H27F2N/c1-14(2)7-5-13(18)12(10-14)8-11-4-3-6-15(16,17)9-11/h11-13H,3-10,18H2,1-2H3. The Bertz CT molecular complexity index is 288. The molecule has 0 aromatic carbocycles. The topological polar surface area (TPSA) is 26.0 Å². The molecule has 106 valence electrons. The third-order valence-corrected chi connectivity index (χ3v) is 4.95. The van der Waals surface area contributed by atoms with Crippen LogP contribution in [-0.2, 0) is 0 Å². The molecule has 0 aliphatic heterocycles. The molecule has 18 heavy (non-hydrogen) atoms. The molecule has 3 atom stereocenters. The van der Waals surface area contributed by atoms with Gasteiger partial charge in [-0.1, -0.05) is 20.3 Å². The molecule has 1 nitrogen and oxygen atoms in total. The van der Waals surface area contributed by atoms with Gasteiger partial charge in [-0.2, -0.15) is 0 Å². The van der Waals surface area contributed by atoms with Gasteiger partial charge in [0.25, 0.3) is 0 Å². The minimum absolute atomic E-state index is 0.0890. The van der Waals surface area contributed by atoms with Crippen LogP contribution in [0.3, 0.4) is 0 Å². The zero-order chi connectivity index (χ0) is 13.4. The van der Waals surface area contributed by atoms with Gasteiger partial charge in [0.1, 0.15) is 0 Å². The third kappa shape index (κ3) is 3.66. The molecule has 0 radical (unpaired) electrons. The molecule has 0 saturated heterocycles. The molecule has 2 fully saturated rings. The van der Waals surface area contributed by atoms with E-state index < -0.39 is 5.92 Å². The van der Waals surface area contributed by atoms with Crippen LogP contribution in [0.2, 0.25) is 0 Å². The second kappa shape index (κ2) is 5.07. The van der Waals surface area contributed by atoms with E-state index >= 15 is 0 Å². The molecule has 0 bridgehead atoms. The number of halogens is 2. The number of alkyl halides is 2. The lowest BCUT2D eigenvalue weighted by atomic mass is 9.66. The van der Waals surface area contributed by atoms with Crippen LogP contribution in [0.25, 0.3) is 0 Å². The van der Waals surface area contributed by atoms with Gasteiger partial charge in [0, 0.05) is 18.9 Å². The highest BCUT2D eigenvalue weighted by Gasteiger charge is 2.39. The van der Waals surface area contributed by atoms with E-state index in [1.807, 2.05) is 0 Å². The van der Waals surface area contributed by atoms with Crippen molar-refractivity contribution >= 4 is 0 Å². The van der Waals surface area contributed by atoms with E-state index in [-0.39, 0.29) is 24.8 Å². The molecule has 0 heterocycles. The zero-order valence-corrected chi connectivity index (χ0v) is 11.7. The van der Waals surface area contributed by atoms with Crippen LogP contribution in [0.5, 0.6) is 0 Å². The molecule has 2 saturated carbocycles. The first-order valence-corrected chi connectivity index (χ1v) is 7.41. The average molecular weight is 259 g/mol. The van der Waals surface area contributed by atoms with Crippen LogP contribution >= 0.6 is 0 Å². The van der Waals surface area contributed by atoms with Crippen molar-refractivity contribution in [2.24, 2.45) is 23.0 Å². The fraction of sp³-hybridized carbons (Fsp3) is 1.00. The monoisotopic (exact) mass is 259 g/mol. The highest BCUT2D eigenvalue weighted by Crippen LogP contribution is 2.44. The lowest BCUT2D eigenvalue weighted by Crippen LogP contribution is -2.41. The second-order valence-electron chi connectivity index (χ2n) is 7.38. The van der Waals surface area contributed by atoms with Gasteiger partial charge in [-0.05, 0) is 49.4 Å². The summed E-state index contributed by atoms with van der Waals surface area (Å²) in [6.45, 7) is 4.56. The van der Waals surface area contributed by atoms with Gasteiger partial charge >= 0.3 is 0 Å². The SMILES string of the molecule is CC1(C)CCC(N)C(CC2CCCC(F)(F)C2)C1. The van der Waals surface area contributed by atoms with Crippen LogP contribution in [0.15, 0.2) is 0 Å². The van der Waals surface area contributed by atoms with Crippen molar-refractivity contribution in [2.75, 3.05) is 0 Å². The molecule has 0 amide bonds. The maximum Gasteiger partial charge on any atom is 0.248 e. The van der Waals surface area contributed by atoms with Crippen LogP contribution < -0.4 is 5.73 Å². The Morgan fingerprint density at radius 2 is 1.83 bits per heavy atom. The molecular formula is C15H27F2N. The van der Waals surface area contributed by atoms with Crippen LogP contribution in [-0.4, -0.2) is 12.0 Å². The van der Waals surface area contributed by atoms with E-state index in [1.165, 1.54) is 6.42 Å². The Balaban J connectivity index is 1.91. The predicted octanol–water partition coefficient (Wildman–Crippen LogP) is 4.36. The Kier molecular flexibility index (Phi) is 4.01. The summed E-state index contributed by atoms with van der Waals surface area (Å²) in [6.07, 6.45) is 6.09. The summed E-state index contributed by atoms with van der Waals surface area (Å²) in [5.74, 6) is -1.77. The normalized spacial score (nSPS) is 39.5. The molecule has 0 spiro atoms. The number of rotatable bonds is 2. The molecule has 0 aromatic heterocycles. The van der Waals surface area contributed by atoms with Gasteiger partial charge in [0.05, 0.1) is 0 Å². The van der Waals surface area contributed by atoms with E-state index in [2.05, 4.69) is 13.8 Å². The van der Waals surface area contributed by atoms with Crippen molar-refractivity contribution in [3.63, 3.8) is 0 Å².